The number of unbranched alkanes of at least 4 members (excludes halogenated alkanes) is 19. The molecular formula is C72H119NO13. The summed E-state index contributed by atoms with van der Waals surface area (Å²) >= 11 is 0. The highest BCUT2D eigenvalue weighted by Crippen LogP contribution is 2.30. The van der Waals surface area contributed by atoms with Crippen molar-refractivity contribution in [3.05, 3.63) is 134 Å². The summed E-state index contributed by atoms with van der Waals surface area (Å²) in [5.74, 6) is -0.251. The Labute approximate surface area is 520 Å². The van der Waals surface area contributed by atoms with Crippen LogP contribution in [0.4, 0.5) is 0 Å². The molecule has 0 spiro atoms. The van der Waals surface area contributed by atoms with Crippen molar-refractivity contribution in [2.45, 2.75) is 293 Å². The molecule has 490 valence electrons. The fourth-order valence-corrected chi connectivity index (χ4v) is 10.0. The lowest BCUT2D eigenvalue weighted by Gasteiger charge is -2.46. The van der Waals surface area contributed by atoms with Gasteiger partial charge in [0.25, 0.3) is 0 Å². The number of hydrogen-bond acceptors (Lipinski definition) is 13. The lowest BCUT2D eigenvalue weighted by molar-refractivity contribution is -0.359. The maximum atomic E-state index is 13.3. The SMILES string of the molecule is CC/C=C\C/C=C\C/C=C\C/C=C\C/C=C\C/C=C\C/C=C\C/C=C\C/C=C\C/C=C\CCCCCCCCCCCCC(=O)NC(COC1OC(CO)C(OC2OC(CO)C(O)C(O)C2O)C(O)C1O)C(O)/C=C/CCCCCCCCCCC. The summed E-state index contributed by atoms with van der Waals surface area (Å²) in [5.41, 5.74) is 0. The first kappa shape index (κ1) is 78.2. The average Bonchev–Trinajstić information content (AvgIpc) is 1.60. The van der Waals surface area contributed by atoms with Crippen molar-refractivity contribution < 1.29 is 64.6 Å². The number of carbonyl (C=O) groups excluding carboxylic acids is 1. The van der Waals surface area contributed by atoms with Crippen LogP contribution in [0.1, 0.15) is 219 Å². The second kappa shape index (κ2) is 55.2. The summed E-state index contributed by atoms with van der Waals surface area (Å²) in [4.78, 5) is 13.3. The molecule has 0 bridgehead atoms. The van der Waals surface area contributed by atoms with Gasteiger partial charge in [-0.15, -0.1) is 0 Å². The maximum Gasteiger partial charge on any atom is 0.220 e. The molecule has 1 amide bonds. The van der Waals surface area contributed by atoms with Crippen LogP contribution in [-0.4, -0.2) is 140 Å². The third kappa shape index (κ3) is 39.2. The van der Waals surface area contributed by atoms with Gasteiger partial charge in [0.05, 0.1) is 32.0 Å². The Bertz CT molecular complexity index is 1950. The van der Waals surface area contributed by atoms with Crippen molar-refractivity contribution >= 4 is 5.91 Å². The largest absolute Gasteiger partial charge is 0.394 e. The van der Waals surface area contributed by atoms with Crippen LogP contribution in [0.5, 0.6) is 0 Å². The van der Waals surface area contributed by atoms with Gasteiger partial charge >= 0.3 is 0 Å². The molecule has 12 unspecified atom stereocenters. The molecule has 14 heteroatoms. The van der Waals surface area contributed by atoms with Crippen LogP contribution in [0.15, 0.2) is 134 Å². The molecule has 86 heavy (non-hydrogen) atoms. The number of nitrogens with one attached hydrogen (secondary N) is 1. The minimum atomic E-state index is -1.79. The van der Waals surface area contributed by atoms with E-state index < -0.39 is 86.8 Å². The highest BCUT2D eigenvalue weighted by atomic mass is 16.7. The second-order valence-corrected chi connectivity index (χ2v) is 22.9. The van der Waals surface area contributed by atoms with Crippen molar-refractivity contribution in [3.8, 4) is 0 Å². The van der Waals surface area contributed by atoms with Gasteiger partial charge in [0.2, 0.25) is 5.91 Å². The maximum absolute atomic E-state index is 13.3. The highest BCUT2D eigenvalue weighted by molar-refractivity contribution is 5.76. The standard InChI is InChI=1S/C72H119NO13/c1-3-5-7-9-11-13-15-16-17-18-19-20-21-22-23-24-25-26-27-28-29-30-31-32-33-34-35-36-37-38-39-40-41-42-43-44-46-48-50-52-54-56-64(77)73-60(61(76)55-53-51-49-47-45-14-12-10-8-6-4-2)59-83-71-69(82)67(80)70(63(58-75)85-71)86-72-68(81)66(79)65(78)62(57-74)84-72/h5,7,11,13,16-17,19-20,22-23,25-26,28-29,31-32,34-35,37-38,53,55,60-63,65-72,74-76,78-82H,3-4,6,8-10,12,14-15,18,21,24,27,30,33,36,39-52,54,56-59H2,1-2H3,(H,73,77)/b7-5-,13-11-,17-16-,20-19-,23-22-,26-25-,29-28-,32-31-,35-34-,38-37-,55-53+. The fourth-order valence-electron chi connectivity index (χ4n) is 10.0. The predicted octanol–water partition coefficient (Wildman–Crippen LogP) is 13.1. The number of amides is 1. The molecular weight excluding hydrogens is 1090 g/mol. The van der Waals surface area contributed by atoms with Crippen LogP contribution in [0.2, 0.25) is 0 Å². The van der Waals surface area contributed by atoms with Gasteiger partial charge in [-0.3, -0.25) is 4.79 Å². The second-order valence-electron chi connectivity index (χ2n) is 22.9. The lowest BCUT2D eigenvalue weighted by atomic mass is 9.97. The third-order valence-electron chi connectivity index (χ3n) is 15.3. The zero-order valence-corrected chi connectivity index (χ0v) is 53.0. The van der Waals surface area contributed by atoms with Crippen molar-refractivity contribution in [3.63, 3.8) is 0 Å². The highest BCUT2D eigenvalue weighted by Gasteiger charge is 2.51. The Morgan fingerprint density at radius 3 is 1.23 bits per heavy atom. The number of allylic oxidation sites excluding steroid dienone is 21. The Morgan fingerprint density at radius 2 is 0.802 bits per heavy atom. The minimum Gasteiger partial charge on any atom is -0.394 e. The normalized spacial score (nSPS) is 24.3. The van der Waals surface area contributed by atoms with Gasteiger partial charge in [0, 0.05) is 6.42 Å². The van der Waals surface area contributed by atoms with E-state index in [0.29, 0.717) is 6.42 Å². The molecule has 0 saturated carbocycles. The van der Waals surface area contributed by atoms with Gasteiger partial charge in [0.15, 0.2) is 12.6 Å². The Morgan fingerprint density at radius 1 is 0.430 bits per heavy atom. The molecule has 0 aromatic carbocycles. The van der Waals surface area contributed by atoms with Crippen LogP contribution in [0.25, 0.3) is 0 Å². The lowest BCUT2D eigenvalue weighted by Crippen LogP contribution is -2.65. The molecule has 0 aromatic heterocycles. The van der Waals surface area contributed by atoms with Crippen LogP contribution < -0.4 is 5.32 Å². The third-order valence-corrected chi connectivity index (χ3v) is 15.3. The smallest absolute Gasteiger partial charge is 0.220 e. The number of aliphatic hydroxyl groups is 8. The fraction of sp³-hybridized carbons (Fsp3) is 0.681. The molecule has 12 atom stereocenters. The molecule has 2 fully saturated rings. The molecule has 14 nitrogen and oxygen atoms in total. The molecule has 9 N–H and O–H groups in total. The number of carbonyl (C=O) groups is 1. The summed E-state index contributed by atoms with van der Waals surface area (Å²) in [6.45, 7) is 2.64. The van der Waals surface area contributed by atoms with Crippen LogP contribution in [0.3, 0.4) is 0 Å². The molecule has 2 heterocycles. The molecule has 2 saturated heterocycles. The predicted molar refractivity (Wildman–Crippen MR) is 350 cm³/mol. The van der Waals surface area contributed by atoms with Gasteiger partial charge in [-0.05, 0) is 96.3 Å². The first-order valence-electron chi connectivity index (χ1n) is 33.4. The average molecular weight is 1210 g/mol. The summed E-state index contributed by atoms with van der Waals surface area (Å²) in [7, 11) is 0. The van der Waals surface area contributed by atoms with E-state index in [-0.39, 0.29) is 18.9 Å². The number of ether oxygens (including phenoxy) is 4. The van der Waals surface area contributed by atoms with E-state index in [2.05, 4.69) is 141 Å². The molecule has 2 rings (SSSR count). The van der Waals surface area contributed by atoms with Crippen molar-refractivity contribution in [2.75, 3.05) is 19.8 Å². The molecule has 2 aliphatic heterocycles. The monoisotopic (exact) mass is 1210 g/mol. The number of rotatable bonds is 52. The van der Waals surface area contributed by atoms with Gasteiger partial charge in [-0.25, -0.2) is 0 Å². The first-order valence-corrected chi connectivity index (χ1v) is 33.4. The van der Waals surface area contributed by atoms with E-state index in [4.69, 9.17) is 18.9 Å². The minimum absolute atomic E-state index is 0.251. The van der Waals surface area contributed by atoms with Gasteiger partial charge < -0.3 is 65.1 Å². The number of aliphatic hydroxyl groups excluding tert-OH is 8. The summed E-state index contributed by atoms with van der Waals surface area (Å²) < 4.78 is 22.7. The van der Waals surface area contributed by atoms with Crippen molar-refractivity contribution in [1.82, 2.24) is 5.32 Å². The van der Waals surface area contributed by atoms with Gasteiger partial charge in [-0.1, -0.05) is 250 Å². The van der Waals surface area contributed by atoms with Gasteiger partial charge in [-0.2, -0.15) is 0 Å². The van der Waals surface area contributed by atoms with Crippen LogP contribution >= 0.6 is 0 Å². The molecule has 2 aliphatic rings. The van der Waals surface area contributed by atoms with Crippen LogP contribution in [0, 0.1) is 0 Å². The molecule has 0 aliphatic carbocycles. The Kier molecular flexibility index (Phi) is 50.2. The summed E-state index contributed by atoms with van der Waals surface area (Å²) in [6.07, 6.45) is 65.2. The zero-order chi connectivity index (χ0) is 62.3. The summed E-state index contributed by atoms with van der Waals surface area (Å²) in [5, 5.41) is 87.0. The topological polar surface area (TPSA) is 228 Å². The number of hydrogen-bond donors (Lipinski definition) is 9. The summed E-state index contributed by atoms with van der Waals surface area (Å²) in [6, 6.07) is -0.924. The van der Waals surface area contributed by atoms with Crippen molar-refractivity contribution in [2.24, 2.45) is 0 Å². The van der Waals surface area contributed by atoms with E-state index in [1.165, 1.54) is 83.5 Å². The van der Waals surface area contributed by atoms with E-state index in [1.54, 1.807) is 6.08 Å². The molecule has 0 radical (unpaired) electrons. The Balaban J connectivity index is 1.59. The zero-order valence-electron chi connectivity index (χ0n) is 53.0. The first-order chi connectivity index (χ1) is 42.1. The van der Waals surface area contributed by atoms with Crippen LogP contribution in [-0.2, 0) is 23.7 Å². The van der Waals surface area contributed by atoms with Gasteiger partial charge in [0.1, 0.15) is 48.8 Å². The van der Waals surface area contributed by atoms with E-state index in [9.17, 15) is 45.6 Å². The van der Waals surface area contributed by atoms with E-state index in [0.717, 1.165) is 109 Å². The molecule has 0 aromatic rings. The van der Waals surface area contributed by atoms with E-state index >= 15 is 0 Å². The Hall–Kier alpha value is -3.87. The van der Waals surface area contributed by atoms with E-state index in [1.807, 2.05) is 6.08 Å². The quantitative estimate of drug-likeness (QED) is 0.0204. The van der Waals surface area contributed by atoms with Crippen molar-refractivity contribution in [1.29, 1.82) is 0 Å².